The summed E-state index contributed by atoms with van der Waals surface area (Å²) in [6.45, 7) is 0.500. The van der Waals surface area contributed by atoms with Gasteiger partial charge in [-0.25, -0.2) is 0 Å². The van der Waals surface area contributed by atoms with Crippen LogP contribution >= 0.6 is 0 Å². The maximum atomic E-state index is 8.58. The second-order valence-corrected chi connectivity index (χ2v) is 3.18. The van der Waals surface area contributed by atoms with Crippen LogP contribution in [0.1, 0.15) is 0 Å². The molecule has 86 valence electrons. The first-order valence-electron chi connectivity index (χ1n) is 4.87. The highest BCUT2D eigenvalue weighted by Crippen LogP contribution is 2.34. The normalized spacial score (nSPS) is 13.9. The molecule has 0 radical (unpaired) electrons. The number of nitrogens with one attached hydrogen (secondary N) is 1. The van der Waals surface area contributed by atoms with Crippen LogP contribution in [0.5, 0.6) is 11.5 Å². The fourth-order valence-electron chi connectivity index (χ4n) is 1.33. The number of rotatable bonds is 3. The van der Waals surface area contributed by atoms with E-state index in [1.165, 1.54) is 0 Å². The zero-order chi connectivity index (χ0) is 11.4. The van der Waals surface area contributed by atoms with Crippen LogP contribution in [-0.2, 0) is 0 Å². The minimum atomic E-state index is -0.0243. The number of aliphatic hydroxyl groups excluding tert-OH is 1. The summed E-state index contributed by atoms with van der Waals surface area (Å²) in [4.78, 5) is 3.89. The van der Waals surface area contributed by atoms with Gasteiger partial charge in [0.05, 0.1) is 13.2 Å². The van der Waals surface area contributed by atoms with Crippen LogP contribution in [0, 0.1) is 0 Å². The molecule has 1 aliphatic rings. The summed E-state index contributed by atoms with van der Waals surface area (Å²) in [6, 6.07) is 5.39. The first-order valence-corrected chi connectivity index (χ1v) is 4.87. The van der Waals surface area contributed by atoms with Crippen molar-refractivity contribution in [1.82, 2.24) is 0 Å². The van der Waals surface area contributed by atoms with Crippen LogP contribution in [0.15, 0.2) is 23.2 Å². The number of fused-ring (bicyclic) bond motifs is 1. The molecule has 0 unspecified atom stereocenters. The Kier molecular flexibility index (Phi) is 3.11. The van der Waals surface area contributed by atoms with Gasteiger partial charge >= 0.3 is 0 Å². The Morgan fingerprint density at radius 1 is 1.44 bits per heavy atom. The van der Waals surface area contributed by atoms with Gasteiger partial charge in [0, 0.05) is 11.8 Å². The van der Waals surface area contributed by atoms with E-state index in [1.54, 1.807) is 12.1 Å². The van der Waals surface area contributed by atoms with Crippen LogP contribution in [0.3, 0.4) is 0 Å². The van der Waals surface area contributed by atoms with Gasteiger partial charge < -0.3 is 25.6 Å². The van der Waals surface area contributed by atoms with E-state index < -0.39 is 0 Å². The Bertz CT molecular complexity index is 406. The number of anilines is 1. The Balaban J connectivity index is 2.05. The summed E-state index contributed by atoms with van der Waals surface area (Å²) in [5.41, 5.74) is 6.36. The molecule has 1 aromatic carbocycles. The molecule has 1 aliphatic heterocycles. The summed E-state index contributed by atoms with van der Waals surface area (Å²) >= 11 is 0. The molecule has 16 heavy (non-hydrogen) atoms. The zero-order valence-corrected chi connectivity index (χ0v) is 8.64. The molecule has 0 atom stereocenters. The van der Waals surface area contributed by atoms with Crippen molar-refractivity contribution < 1.29 is 14.6 Å². The molecular weight excluding hydrogens is 210 g/mol. The SMILES string of the molecule is NC(=NCCO)Nc1ccc2c(c1)OCO2. The first-order chi connectivity index (χ1) is 7.79. The lowest BCUT2D eigenvalue weighted by atomic mass is 10.3. The predicted octanol–water partition coefficient (Wildman–Crippen LogP) is 0.134. The van der Waals surface area contributed by atoms with E-state index in [0.717, 1.165) is 11.4 Å². The number of nitrogens with zero attached hydrogens (tertiary/aromatic N) is 1. The van der Waals surface area contributed by atoms with E-state index >= 15 is 0 Å². The number of ether oxygens (including phenoxy) is 2. The van der Waals surface area contributed by atoms with Crippen LogP contribution in [0.4, 0.5) is 5.69 Å². The molecule has 6 nitrogen and oxygen atoms in total. The second kappa shape index (κ2) is 4.71. The number of aliphatic imine (C=N–C) groups is 1. The number of aliphatic hydroxyl groups is 1. The minimum absolute atomic E-state index is 0.0243. The topological polar surface area (TPSA) is 89.1 Å². The maximum Gasteiger partial charge on any atom is 0.231 e. The van der Waals surface area contributed by atoms with Crippen molar-refractivity contribution in [2.45, 2.75) is 0 Å². The van der Waals surface area contributed by atoms with E-state index in [0.29, 0.717) is 5.75 Å². The maximum absolute atomic E-state index is 8.58. The van der Waals surface area contributed by atoms with E-state index in [1.807, 2.05) is 6.07 Å². The lowest BCUT2D eigenvalue weighted by molar-refractivity contribution is 0.174. The van der Waals surface area contributed by atoms with Gasteiger partial charge in [-0.05, 0) is 12.1 Å². The van der Waals surface area contributed by atoms with E-state index in [-0.39, 0.29) is 25.9 Å². The van der Waals surface area contributed by atoms with Gasteiger partial charge in [-0.15, -0.1) is 0 Å². The minimum Gasteiger partial charge on any atom is -0.454 e. The summed E-state index contributed by atoms with van der Waals surface area (Å²) in [7, 11) is 0. The standard InChI is InChI=1S/C10H13N3O3/c11-10(12-3-4-14)13-7-1-2-8-9(5-7)16-6-15-8/h1-2,5,14H,3-4,6H2,(H3,11,12,13). The third-order valence-electron chi connectivity index (χ3n) is 2.03. The number of nitrogens with two attached hydrogens (primary N) is 1. The highest BCUT2D eigenvalue weighted by molar-refractivity contribution is 5.92. The van der Waals surface area contributed by atoms with Crippen molar-refractivity contribution in [2.75, 3.05) is 25.3 Å². The predicted molar refractivity (Wildman–Crippen MR) is 59.8 cm³/mol. The number of hydrogen-bond donors (Lipinski definition) is 3. The number of benzene rings is 1. The Morgan fingerprint density at radius 2 is 2.25 bits per heavy atom. The Morgan fingerprint density at radius 3 is 3.06 bits per heavy atom. The molecule has 0 spiro atoms. The molecule has 0 saturated carbocycles. The third kappa shape index (κ3) is 2.34. The molecule has 0 amide bonds. The Hall–Kier alpha value is -1.95. The van der Waals surface area contributed by atoms with Crippen LogP contribution < -0.4 is 20.5 Å². The van der Waals surface area contributed by atoms with Crippen molar-refractivity contribution in [3.8, 4) is 11.5 Å². The molecule has 0 bridgehead atoms. The molecule has 4 N–H and O–H groups in total. The Labute approximate surface area is 92.7 Å². The first kappa shape index (κ1) is 10.6. The molecular formula is C10H13N3O3. The van der Waals surface area contributed by atoms with E-state index in [2.05, 4.69) is 10.3 Å². The van der Waals surface area contributed by atoms with Gasteiger partial charge in [-0.1, -0.05) is 0 Å². The fraction of sp³-hybridized carbons (Fsp3) is 0.300. The summed E-state index contributed by atoms with van der Waals surface area (Å²) in [5, 5.41) is 11.5. The monoisotopic (exact) mass is 223 g/mol. The summed E-state index contributed by atoms with van der Waals surface area (Å²) < 4.78 is 10.4. The fourth-order valence-corrected chi connectivity index (χ4v) is 1.33. The van der Waals surface area contributed by atoms with E-state index in [4.69, 9.17) is 20.3 Å². The molecule has 1 heterocycles. The molecule has 0 aliphatic carbocycles. The van der Waals surface area contributed by atoms with E-state index in [9.17, 15) is 0 Å². The average molecular weight is 223 g/mol. The van der Waals surface area contributed by atoms with Gasteiger partial charge in [0.1, 0.15) is 0 Å². The van der Waals surface area contributed by atoms with Gasteiger partial charge in [0.2, 0.25) is 6.79 Å². The summed E-state index contributed by atoms with van der Waals surface area (Å²) in [6.07, 6.45) is 0. The van der Waals surface area contributed by atoms with Crippen molar-refractivity contribution in [1.29, 1.82) is 0 Å². The third-order valence-corrected chi connectivity index (χ3v) is 2.03. The average Bonchev–Trinajstić information content (AvgIpc) is 2.73. The molecule has 6 heteroatoms. The highest BCUT2D eigenvalue weighted by Gasteiger charge is 2.13. The highest BCUT2D eigenvalue weighted by atomic mass is 16.7. The van der Waals surface area contributed by atoms with Crippen molar-refractivity contribution >= 4 is 11.6 Å². The quantitative estimate of drug-likeness (QED) is 0.501. The lowest BCUT2D eigenvalue weighted by Crippen LogP contribution is -2.23. The number of hydrogen-bond acceptors (Lipinski definition) is 4. The van der Waals surface area contributed by atoms with Gasteiger partial charge in [-0.2, -0.15) is 0 Å². The largest absolute Gasteiger partial charge is 0.454 e. The van der Waals surface area contributed by atoms with Crippen molar-refractivity contribution in [3.05, 3.63) is 18.2 Å². The van der Waals surface area contributed by atoms with Crippen molar-refractivity contribution in [2.24, 2.45) is 10.7 Å². The molecule has 2 rings (SSSR count). The molecule has 1 aromatic rings. The molecule has 0 saturated heterocycles. The van der Waals surface area contributed by atoms with Crippen LogP contribution in [0.25, 0.3) is 0 Å². The van der Waals surface area contributed by atoms with Crippen LogP contribution in [0.2, 0.25) is 0 Å². The van der Waals surface area contributed by atoms with Crippen molar-refractivity contribution in [3.63, 3.8) is 0 Å². The summed E-state index contributed by atoms with van der Waals surface area (Å²) in [5.74, 6) is 1.66. The molecule has 0 fully saturated rings. The lowest BCUT2D eigenvalue weighted by Gasteiger charge is -2.05. The van der Waals surface area contributed by atoms with Gasteiger partial charge in [0.25, 0.3) is 0 Å². The zero-order valence-electron chi connectivity index (χ0n) is 8.64. The van der Waals surface area contributed by atoms with Gasteiger partial charge in [0.15, 0.2) is 17.5 Å². The smallest absolute Gasteiger partial charge is 0.231 e. The molecule has 0 aromatic heterocycles. The van der Waals surface area contributed by atoms with Crippen LogP contribution in [-0.4, -0.2) is 31.0 Å². The number of guanidine groups is 1. The second-order valence-electron chi connectivity index (χ2n) is 3.18. The van der Waals surface area contributed by atoms with Gasteiger partial charge in [-0.3, -0.25) is 4.99 Å².